The molecular weight excluding hydrogens is 464 g/mol. The fourth-order valence-corrected chi connectivity index (χ4v) is 9.04. The Morgan fingerprint density at radius 3 is 2.45 bits per heavy atom. The number of nitrogens with zero attached hydrogens (tertiary/aromatic N) is 2. The lowest BCUT2D eigenvalue weighted by Crippen LogP contribution is -2.50. The predicted octanol–water partition coefficient (Wildman–Crippen LogP) is 7.51. The molecule has 4 heteroatoms. The van der Waals surface area contributed by atoms with E-state index in [0.717, 1.165) is 37.3 Å². The van der Waals surface area contributed by atoms with Gasteiger partial charge in [0.05, 0.1) is 6.54 Å². The molecule has 38 heavy (non-hydrogen) atoms. The Labute approximate surface area is 235 Å². The van der Waals surface area contributed by atoms with Crippen LogP contribution in [0.25, 0.3) is 0 Å². The molecule has 0 aromatic heterocycles. The summed E-state index contributed by atoms with van der Waals surface area (Å²) < 4.78 is 0. The van der Waals surface area contributed by atoms with E-state index in [-0.39, 0.29) is 6.04 Å². The summed E-state index contributed by atoms with van der Waals surface area (Å²) >= 11 is 0. The zero-order valence-corrected chi connectivity index (χ0v) is 25.8. The van der Waals surface area contributed by atoms with Crippen LogP contribution in [-0.2, 0) is 0 Å². The highest BCUT2D eigenvalue weighted by Crippen LogP contribution is 2.66. The van der Waals surface area contributed by atoms with Crippen molar-refractivity contribution in [2.45, 2.75) is 117 Å². The first-order chi connectivity index (χ1) is 18.2. The third-order valence-corrected chi connectivity index (χ3v) is 11.1. The molecule has 0 amide bonds. The molecule has 4 saturated carbocycles. The van der Waals surface area contributed by atoms with Gasteiger partial charge in [-0.1, -0.05) is 58.1 Å². The molecule has 4 aliphatic carbocycles. The van der Waals surface area contributed by atoms with E-state index in [2.05, 4.69) is 64.5 Å². The summed E-state index contributed by atoms with van der Waals surface area (Å²) in [6, 6.07) is 0.927. The third-order valence-electron chi connectivity index (χ3n) is 11.1. The van der Waals surface area contributed by atoms with Crippen LogP contribution >= 0.6 is 0 Å². The van der Waals surface area contributed by atoms with Crippen molar-refractivity contribution in [2.24, 2.45) is 51.0 Å². The van der Waals surface area contributed by atoms with Crippen LogP contribution in [-0.4, -0.2) is 42.8 Å². The average Bonchev–Trinajstić information content (AvgIpc) is 3.66. The second-order valence-electron chi connectivity index (χ2n) is 13.4. The molecule has 0 saturated heterocycles. The summed E-state index contributed by atoms with van der Waals surface area (Å²) in [5.41, 5.74) is 15.6. The van der Waals surface area contributed by atoms with E-state index in [9.17, 15) is 0 Å². The van der Waals surface area contributed by atoms with Crippen LogP contribution < -0.4 is 11.5 Å². The first kappa shape index (κ1) is 31.1. The molecule has 4 fully saturated rings. The number of hydrogen-bond acceptors (Lipinski definition) is 4. The minimum absolute atomic E-state index is 0.247. The second kappa shape index (κ2) is 13.3. The van der Waals surface area contributed by atoms with E-state index in [1.165, 1.54) is 82.7 Å². The number of nitrogens with two attached hydrogens (primary N) is 2. The quantitative estimate of drug-likeness (QED) is 0.275. The van der Waals surface area contributed by atoms with Crippen LogP contribution in [0.4, 0.5) is 0 Å². The van der Waals surface area contributed by atoms with Crippen LogP contribution in [0.1, 0.15) is 105 Å². The number of hydrogen-bond donors (Lipinski definition) is 2. The van der Waals surface area contributed by atoms with E-state index >= 15 is 0 Å². The molecule has 0 radical (unpaired) electrons. The smallest absolute Gasteiger partial charge is 0.0781 e. The Kier molecular flexibility index (Phi) is 10.9. The lowest BCUT2D eigenvalue weighted by Gasteiger charge is -2.57. The van der Waals surface area contributed by atoms with Gasteiger partial charge in [-0.3, -0.25) is 4.99 Å². The standard InChI is InChI=1S/C33H55N3.CH5N/c1-8-10-26-11-14-28-30-16-15-29(33(30,7)20-17-31(28)32(26,6)19-9-2)25(5)35-22-24(4)36(27-12-13-27)21-18-23(3)34;1-2/h8,10,23,27-31H,1,4,9,11-22,34H2,2-3,5-7H3;2H2,1H3/b26-10-,35-25?;. The highest BCUT2D eigenvalue weighted by molar-refractivity contribution is 5.85. The Morgan fingerprint density at radius 2 is 1.84 bits per heavy atom. The maximum atomic E-state index is 6.05. The SMILES string of the molecule is C=C/C=C1/CCC2C(CCC3(C)C(C(C)=NCC(=C)N(CCC(C)N)C4CC4)CCC23)C1(C)CCC.CN. The Morgan fingerprint density at radius 1 is 1.13 bits per heavy atom. The molecule has 0 heterocycles. The van der Waals surface area contributed by atoms with Crippen LogP contribution in [0.15, 0.2) is 41.6 Å². The van der Waals surface area contributed by atoms with Crippen molar-refractivity contribution in [1.82, 2.24) is 4.90 Å². The third kappa shape index (κ3) is 6.33. The summed E-state index contributed by atoms with van der Waals surface area (Å²) in [6.45, 7) is 22.3. The van der Waals surface area contributed by atoms with Crippen molar-refractivity contribution in [2.75, 3.05) is 20.1 Å². The summed E-state index contributed by atoms with van der Waals surface area (Å²) in [5.74, 6) is 3.20. The number of rotatable bonds is 11. The molecule has 216 valence electrons. The van der Waals surface area contributed by atoms with Crippen LogP contribution in [0.2, 0.25) is 0 Å². The topological polar surface area (TPSA) is 67.6 Å². The fourth-order valence-electron chi connectivity index (χ4n) is 9.04. The van der Waals surface area contributed by atoms with Crippen LogP contribution in [0.3, 0.4) is 0 Å². The van der Waals surface area contributed by atoms with Gasteiger partial charge in [-0.2, -0.15) is 0 Å². The first-order valence-electron chi connectivity index (χ1n) is 15.8. The molecule has 4 N–H and O–H groups in total. The van der Waals surface area contributed by atoms with Gasteiger partial charge in [-0.05, 0) is 114 Å². The fraction of sp³-hybridized carbons (Fsp3) is 0.794. The van der Waals surface area contributed by atoms with Gasteiger partial charge in [0.15, 0.2) is 0 Å². The van der Waals surface area contributed by atoms with Gasteiger partial charge in [-0.15, -0.1) is 0 Å². The Bertz CT molecular complexity index is 868. The molecule has 0 bridgehead atoms. The Hall–Kier alpha value is -1.39. The molecule has 0 aromatic carbocycles. The number of allylic oxidation sites excluding steroid dienone is 3. The zero-order valence-electron chi connectivity index (χ0n) is 25.8. The van der Waals surface area contributed by atoms with Gasteiger partial charge < -0.3 is 16.4 Å². The van der Waals surface area contributed by atoms with Gasteiger partial charge in [0.1, 0.15) is 0 Å². The van der Waals surface area contributed by atoms with Crippen molar-refractivity contribution >= 4 is 5.71 Å². The minimum Gasteiger partial charge on any atom is -0.371 e. The maximum Gasteiger partial charge on any atom is 0.0781 e. The van der Waals surface area contributed by atoms with Crippen LogP contribution in [0.5, 0.6) is 0 Å². The largest absolute Gasteiger partial charge is 0.371 e. The van der Waals surface area contributed by atoms with E-state index in [0.29, 0.717) is 22.8 Å². The van der Waals surface area contributed by atoms with E-state index < -0.39 is 0 Å². The van der Waals surface area contributed by atoms with Crippen molar-refractivity contribution < 1.29 is 0 Å². The van der Waals surface area contributed by atoms with Crippen molar-refractivity contribution in [1.29, 1.82) is 0 Å². The monoisotopic (exact) mass is 524 g/mol. The van der Waals surface area contributed by atoms with Crippen molar-refractivity contribution in [3.05, 3.63) is 36.6 Å². The lowest BCUT2D eigenvalue weighted by atomic mass is 9.47. The molecule has 4 nitrogen and oxygen atoms in total. The van der Waals surface area contributed by atoms with Gasteiger partial charge in [-0.25, -0.2) is 0 Å². The molecular formula is C34H60N4. The lowest BCUT2D eigenvalue weighted by molar-refractivity contribution is -0.0408. The molecule has 4 aliphatic rings. The zero-order chi connectivity index (χ0) is 28.1. The van der Waals surface area contributed by atoms with Gasteiger partial charge in [0.25, 0.3) is 0 Å². The van der Waals surface area contributed by atoms with Gasteiger partial charge in [0.2, 0.25) is 0 Å². The highest BCUT2D eigenvalue weighted by Gasteiger charge is 2.58. The summed E-state index contributed by atoms with van der Waals surface area (Å²) in [6.07, 6.45) is 18.7. The summed E-state index contributed by atoms with van der Waals surface area (Å²) in [7, 11) is 1.50. The van der Waals surface area contributed by atoms with E-state index in [1.54, 1.807) is 5.57 Å². The summed E-state index contributed by atoms with van der Waals surface area (Å²) in [4.78, 5) is 7.73. The minimum atomic E-state index is 0.247. The van der Waals surface area contributed by atoms with Gasteiger partial charge >= 0.3 is 0 Å². The molecule has 4 rings (SSSR count). The van der Waals surface area contributed by atoms with Crippen molar-refractivity contribution in [3.63, 3.8) is 0 Å². The molecule has 7 unspecified atom stereocenters. The van der Waals surface area contributed by atoms with E-state index in [1.807, 2.05) is 6.08 Å². The van der Waals surface area contributed by atoms with Crippen LogP contribution in [0, 0.1) is 34.5 Å². The average molecular weight is 525 g/mol. The number of fused-ring (bicyclic) bond motifs is 3. The first-order valence-corrected chi connectivity index (χ1v) is 15.8. The molecule has 7 atom stereocenters. The number of aliphatic imine (C=N–C) groups is 1. The highest BCUT2D eigenvalue weighted by atomic mass is 15.2. The summed E-state index contributed by atoms with van der Waals surface area (Å²) in [5, 5.41) is 0. The normalized spacial score (nSPS) is 36.5. The molecule has 0 aliphatic heterocycles. The van der Waals surface area contributed by atoms with E-state index in [4.69, 9.17) is 10.7 Å². The predicted molar refractivity (Wildman–Crippen MR) is 166 cm³/mol. The maximum absolute atomic E-state index is 6.05. The second-order valence-corrected chi connectivity index (χ2v) is 13.4. The Balaban J connectivity index is 0.00000195. The molecule has 0 spiro atoms. The molecule has 0 aromatic rings. The van der Waals surface area contributed by atoms with Gasteiger partial charge in [0, 0.05) is 36.0 Å². The van der Waals surface area contributed by atoms with Crippen molar-refractivity contribution in [3.8, 4) is 0 Å².